The van der Waals surface area contributed by atoms with Crippen LogP contribution in [-0.4, -0.2) is 17.3 Å². The Morgan fingerprint density at radius 1 is 1.50 bits per heavy atom. The predicted octanol–water partition coefficient (Wildman–Crippen LogP) is 1.24. The smallest absolute Gasteiger partial charge is 0.0820 e. The Kier molecular flexibility index (Phi) is 12.2. The highest BCUT2D eigenvalue weighted by Gasteiger charge is 1.68. The largest absolute Gasteiger partial charge is 0.515 e. The lowest BCUT2D eigenvalue weighted by Crippen LogP contribution is -1.60. The monoisotopic (exact) mass is 116 g/mol. The maximum Gasteiger partial charge on any atom is 0.0820 e. The zero-order valence-electron chi connectivity index (χ0n) is 5.26. The zero-order valence-corrected chi connectivity index (χ0v) is 5.26. The van der Waals surface area contributed by atoms with Gasteiger partial charge in [-0.1, -0.05) is 12.7 Å². The van der Waals surface area contributed by atoms with Gasteiger partial charge < -0.3 is 10.2 Å². The molecule has 0 radical (unpaired) electrons. The van der Waals surface area contributed by atoms with Crippen molar-refractivity contribution in [2.24, 2.45) is 0 Å². The summed E-state index contributed by atoms with van der Waals surface area (Å²) >= 11 is 0. The van der Waals surface area contributed by atoms with Crippen molar-refractivity contribution in [2.45, 2.75) is 6.92 Å². The quantitative estimate of drug-likeness (QED) is 0.399. The van der Waals surface area contributed by atoms with Crippen LogP contribution in [0.3, 0.4) is 0 Å². The van der Waals surface area contributed by atoms with E-state index in [-0.39, 0.29) is 0 Å². The van der Waals surface area contributed by atoms with Crippen molar-refractivity contribution in [3.63, 3.8) is 0 Å². The van der Waals surface area contributed by atoms with E-state index in [0.717, 1.165) is 18.9 Å². The maximum atomic E-state index is 8.10. The molecule has 0 saturated heterocycles. The van der Waals surface area contributed by atoms with Crippen LogP contribution in [0.25, 0.3) is 0 Å². The topological polar surface area (TPSA) is 40.5 Å². The van der Waals surface area contributed by atoms with E-state index in [1.165, 1.54) is 0 Å². The predicted molar refractivity (Wildman–Crippen MR) is 34.7 cm³/mol. The number of aliphatic hydroxyl groups is 2. The van der Waals surface area contributed by atoms with Crippen LogP contribution in [-0.2, 0) is 0 Å². The molecule has 0 aromatic rings. The Balaban J connectivity index is 0. The number of aliphatic hydroxyl groups excluding tert-OH is 2. The Labute approximate surface area is 49.8 Å². The van der Waals surface area contributed by atoms with Crippen LogP contribution in [0, 0.1) is 0 Å². The van der Waals surface area contributed by atoms with Gasteiger partial charge in [-0.05, 0) is 12.5 Å². The molecular weight excluding hydrogens is 104 g/mol. The van der Waals surface area contributed by atoms with E-state index >= 15 is 0 Å². The summed E-state index contributed by atoms with van der Waals surface area (Å²) in [6, 6.07) is 0. The number of rotatable bonds is 1. The van der Waals surface area contributed by atoms with Crippen molar-refractivity contribution < 1.29 is 10.2 Å². The summed E-state index contributed by atoms with van der Waals surface area (Å²) < 4.78 is 0. The molecule has 0 aliphatic carbocycles. The molecule has 8 heavy (non-hydrogen) atoms. The summed E-state index contributed by atoms with van der Waals surface area (Å²) in [5, 5.41) is 15.1. The lowest BCUT2D eigenvalue weighted by atomic mass is 10.3. The van der Waals surface area contributed by atoms with E-state index < -0.39 is 0 Å². The normalized spacial score (nSPS) is 9.12. The van der Waals surface area contributed by atoms with Gasteiger partial charge >= 0.3 is 0 Å². The van der Waals surface area contributed by atoms with E-state index in [2.05, 4.69) is 6.58 Å². The van der Waals surface area contributed by atoms with Crippen LogP contribution >= 0.6 is 0 Å². The second kappa shape index (κ2) is 9.53. The molecule has 0 saturated carbocycles. The Morgan fingerprint density at radius 2 is 1.88 bits per heavy atom. The third-order valence-corrected chi connectivity index (χ3v) is 0.526. The minimum Gasteiger partial charge on any atom is -0.515 e. The molecule has 0 aromatic carbocycles. The van der Waals surface area contributed by atoms with Gasteiger partial charge in [-0.2, -0.15) is 0 Å². The van der Waals surface area contributed by atoms with Crippen LogP contribution in [0.2, 0.25) is 0 Å². The number of hydrogen-bond donors (Lipinski definition) is 2. The van der Waals surface area contributed by atoms with Crippen molar-refractivity contribution in [1.82, 2.24) is 0 Å². The summed E-state index contributed by atoms with van der Waals surface area (Å²) in [6.07, 6.45) is 2.60. The van der Waals surface area contributed by atoms with Crippen LogP contribution < -0.4 is 0 Å². The minimum absolute atomic E-state index is 0.787. The molecule has 48 valence electrons. The molecule has 2 heteroatoms. The first-order chi connectivity index (χ1) is 3.81. The van der Waals surface area contributed by atoms with Gasteiger partial charge in [-0.25, -0.2) is 0 Å². The van der Waals surface area contributed by atoms with E-state index in [4.69, 9.17) is 10.2 Å². The van der Waals surface area contributed by atoms with E-state index in [1.54, 1.807) is 13.0 Å². The van der Waals surface area contributed by atoms with Crippen molar-refractivity contribution in [3.8, 4) is 0 Å². The number of allylic oxidation sites excluding steroid dienone is 2. The fraction of sp³-hybridized carbons (Fsp3) is 0.333. The van der Waals surface area contributed by atoms with Crippen LogP contribution in [0.15, 0.2) is 24.5 Å². The molecule has 0 spiro atoms. The van der Waals surface area contributed by atoms with E-state index in [1.807, 2.05) is 0 Å². The Hall–Kier alpha value is -0.760. The average Bonchev–Trinajstić information content (AvgIpc) is 1.91. The fourth-order valence-electron chi connectivity index (χ4n) is 0.0527. The summed E-state index contributed by atoms with van der Waals surface area (Å²) in [6.45, 7) is 5.17. The SMILES string of the molecule is C=C/C(C)=C/O.CO. The van der Waals surface area contributed by atoms with Crippen molar-refractivity contribution in [1.29, 1.82) is 0 Å². The molecule has 0 bridgehead atoms. The highest BCUT2D eigenvalue weighted by atomic mass is 16.2. The first-order valence-electron chi connectivity index (χ1n) is 2.19. The van der Waals surface area contributed by atoms with Crippen molar-refractivity contribution in [3.05, 3.63) is 24.5 Å². The van der Waals surface area contributed by atoms with Crippen LogP contribution in [0.5, 0.6) is 0 Å². The van der Waals surface area contributed by atoms with Gasteiger partial charge in [0, 0.05) is 7.11 Å². The van der Waals surface area contributed by atoms with Gasteiger partial charge in [0.15, 0.2) is 0 Å². The average molecular weight is 116 g/mol. The van der Waals surface area contributed by atoms with E-state index in [9.17, 15) is 0 Å². The van der Waals surface area contributed by atoms with E-state index in [0.29, 0.717) is 0 Å². The third-order valence-electron chi connectivity index (χ3n) is 0.526. The molecule has 2 nitrogen and oxygen atoms in total. The highest BCUT2D eigenvalue weighted by Crippen LogP contribution is 1.86. The molecule has 2 N–H and O–H groups in total. The van der Waals surface area contributed by atoms with Crippen molar-refractivity contribution in [2.75, 3.05) is 7.11 Å². The van der Waals surface area contributed by atoms with Gasteiger partial charge in [-0.15, -0.1) is 0 Å². The Morgan fingerprint density at radius 3 is 1.88 bits per heavy atom. The van der Waals surface area contributed by atoms with Gasteiger partial charge in [-0.3, -0.25) is 0 Å². The van der Waals surface area contributed by atoms with Crippen LogP contribution in [0.1, 0.15) is 6.92 Å². The molecule has 0 aliphatic rings. The second-order valence-corrected chi connectivity index (χ2v) is 1.08. The first-order valence-corrected chi connectivity index (χ1v) is 2.19. The lowest BCUT2D eigenvalue weighted by molar-refractivity contribution is 0.399. The highest BCUT2D eigenvalue weighted by molar-refractivity contribution is 5.08. The second-order valence-electron chi connectivity index (χ2n) is 1.08. The summed E-state index contributed by atoms with van der Waals surface area (Å²) in [4.78, 5) is 0. The van der Waals surface area contributed by atoms with Gasteiger partial charge in [0.05, 0.1) is 6.26 Å². The summed E-state index contributed by atoms with van der Waals surface area (Å²) in [5.74, 6) is 0. The molecular formula is C6H12O2. The lowest BCUT2D eigenvalue weighted by Gasteiger charge is -1.77. The molecule has 0 rings (SSSR count). The van der Waals surface area contributed by atoms with Gasteiger partial charge in [0.2, 0.25) is 0 Å². The summed E-state index contributed by atoms with van der Waals surface area (Å²) in [7, 11) is 1.00. The maximum absolute atomic E-state index is 8.10. The molecule has 0 aromatic heterocycles. The summed E-state index contributed by atoms with van der Waals surface area (Å²) in [5.41, 5.74) is 0.787. The first kappa shape index (κ1) is 10.3. The molecule has 0 unspecified atom stereocenters. The molecule has 0 atom stereocenters. The van der Waals surface area contributed by atoms with Gasteiger partial charge in [0.25, 0.3) is 0 Å². The molecule has 0 heterocycles. The fourth-order valence-corrected chi connectivity index (χ4v) is 0.0527. The third kappa shape index (κ3) is 8.97. The standard InChI is InChI=1S/C5H8O.CH4O/c1-3-5(2)4-6;1-2/h3-4,6H,1H2,2H3;2H,1H3/b5-4+;. The minimum atomic E-state index is 0.787. The van der Waals surface area contributed by atoms with Crippen molar-refractivity contribution >= 4 is 0 Å². The molecule has 0 fully saturated rings. The number of hydrogen-bond acceptors (Lipinski definition) is 2. The van der Waals surface area contributed by atoms with Crippen LogP contribution in [0.4, 0.5) is 0 Å². The zero-order chi connectivity index (χ0) is 6.99. The molecule has 0 aliphatic heterocycles. The Bertz CT molecular complexity index is 74.6. The van der Waals surface area contributed by atoms with Gasteiger partial charge in [0.1, 0.15) is 0 Å². The molecule has 0 amide bonds.